The smallest absolute Gasteiger partial charge is 0.253 e. The average molecular weight is 411 g/mol. The van der Waals surface area contributed by atoms with E-state index in [1.807, 2.05) is 26.8 Å². The maximum absolute atomic E-state index is 12.5. The van der Waals surface area contributed by atoms with Crippen molar-refractivity contribution in [2.24, 2.45) is 5.92 Å². The lowest BCUT2D eigenvalue weighted by Gasteiger charge is -2.21. The van der Waals surface area contributed by atoms with Gasteiger partial charge >= 0.3 is 0 Å². The molecule has 2 N–H and O–H groups in total. The van der Waals surface area contributed by atoms with Crippen LogP contribution < -0.4 is 10.6 Å². The minimum Gasteiger partial charge on any atom is -0.340 e. The van der Waals surface area contributed by atoms with E-state index in [2.05, 4.69) is 36.8 Å². The molecule has 24 heavy (non-hydrogen) atoms. The molecule has 8 heteroatoms. The summed E-state index contributed by atoms with van der Waals surface area (Å²) >= 11 is 4.68. The Morgan fingerprint density at radius 1 is 1.25 bits per heavy atom. The number of hydrogen-bond donors (Lipinski definition) is 2. The Morgan fingerprint density at radius 2 is 1.96 bits per heavy atom. The lowest BCUT2D eigenvalue weighted by molar-refractivity contribution is -0.118. The number of carbonyl (C=O) groups excluding carboxylic acids is 2. The van der Waals surface area contributed by atoms with Gasteiger partial charge in [0.25, 0.3) is 5.91 Å². The Hall–Kier alpha value is -1.80. The molecule has 1 aromatic heterocycles. The second kappa shape index (κ2) is 8.34. The molecule has 0 radical (unpaired) electrons. The zero-order valence-electron chi connectivity index (χ0n) is 13.7. The number of halogens is 1. The van der Waals surface area contributed by atoms with Crippen molar-refractivity contribution in [1.29, 1.82) is 0 Å². The van der Waals surface area contributed by atoms with E-state index in [4.69, 9.17) is 0 Å². The number of nitrogens with zero attached hydrogens (tertiary/aromatic N) is 2. The quantitative estimate of drug-likeness (QED) is 0.765. The SMILES string of the molecule is CCc1nnc(NC(=O)[C@@H](NC(=O)c2ccccc2Br)C(C)C)s1. The third-order valence-electron chi connectivity index (χ3n) is 3.35. The number of amides is 2. The molecular formula is C16H19BrN4O2S. The van der Waals surface area contributed by atoms with E-state index in [-0.39, 0.29) is 17.7 Å². The van der Waals surface area contributed by atoms with Gasteiger partial charge in [-0.2, -0.15) is 0 Å². The fourth-order valence-electron chi connectivity index (χ4n) is 2.03. The van der Waals surface area contributed by atoms with Crippen LogP contribution in [0.4, 0.5) is 5.13 Å². The summed E-state index contributed by atoms with van der Waals surface area (Å²) in [7, 11) is 0. The number of carbonyl (C=O) groups is 2. The van der Waals surface area contributed by atoms with Crippen molar-refractivity contribution in [2.45, 2.75) is 33.2 Å². The van der Waals surface area contributed by atoms with Gasteiger partial charge in [0.2, 0.25) is 11.0 Å². The Bertz CT molecular complexity index is 732. The molecule has 2 aromatic rings. The minimum absolute atomic E-state index is 0.0741. The van der Waals surface area contributed by atoms with Crippen LogP contribution in [0.1, 0.15) is 36.1 Å². The summed E-state index contributed by atoms with van der Waals surface area (Å²) in [6.45, 7) is 5.73. The van der Waals surface area contributed by atoms with Crippen LogP contribution in [0.5, 0.6) is 0 Å². The van der Waals surface area contributed by atoms with Crippen molar-refractivity contribution in [3.05, 3.63) is 39.3 Å². The first-order chi connectivity index (χ1) is 11.4. The zero-order valence-corrected chi connectivity index (χ0v) is 16.1. The molecule has 0 bridgehead atoms. The molecule has 2 amide bonds. The molecule has 2 rings (SSSR count). The predicted molar refractivity (Wildman–Crippen MR) is 98.2 cm³/mol. The van der Waals surface area contributed by atoms with Crippen molar-refractivity contribution < 1.29 is 9.59 Å². The third kappa shape index (κ3) is 4.61. The average Bonchev–Trinajstić information content (AvgIpc) is 3.00. The van der Waals surface area contributed by atoms with E-state index in [9.17, 15) is 9.59 Å². The van der Waals surface area contributed by atoms with Crippen LogP contribution in [0, 0.1) is 5.92 Å². The fraction of sp³-hybridized carbons (Fsp3) is 0.375. The van der Waals surface area contributed by atoms with Crippen LogP contribution in [0.15, 0.2) is 28.7 Å². The topological polar surface area (TPSA) is 84.0 Å². The largest absolute Gasteiger partial charge is 0.340 e. The van der Waals surface area contributed by atoms with Crippen molar-refractivity contribution in [3.63, 3.8) is 0 Å². The van der Waals surface area contributed by atoms with Gasteiger partial charge in [0, 0.05) is 4.47 Å². The van der Waals surface area contributed by atoms with Crippen LogP contribution in [0.3, 0.4) is 0 Å². The number of benzene rings is 1. The highest BCUT2D eigenvalue weighted by Crippen LogP contribution is 2.18. The molecule has 128 valence electrons. The van der Waals surface area contributed by atoms with Gasteiger partial charge in [0.15, 0.2) is 0 Å². The van der Waals surface area contributed by atoms with Crippen LogP contribution in [0.2, 0.25) is 0 Å². The van der Waals surface area contributed by atoms with Gasteiger partial charge in [-0.3, -0.25) is 14.9 Å². The van der Waals surface area contributed by atoms with Gasteiger partial charge in [0.05, 0.1) is 5.56 Å². The summed E-state index contributed by atoms with van der Waals surface area (Å²) in [5.41, 5.74) is 0.486. The molecule has 6 nitrogen and oxygen atoms in total. The van der Waals surface area contributed by atoms with Gasteiger partial charge in [-0.1, -0.05) is 44.2 Å². The molecule has 0 aliphatic carbocycles. The first-order valence-electron chi connectivity index (χ1n) is 7.61. The van der Waals surface area contributed by atoms with Crippen LogP contribution >= 0.6 is 27.3 Å². The Balaban J connectivity index is 2.09. The van der Waals surface area contributed by atoms with Gasteiger partial charge in [0.1, 0.15) is 11.0 Å². The number of hydrogen-bond acceptors (Lipinski definition) is 5. The first-order valence-corrected chi connectivity index (χ1v) is 9.22. The first kappa shape index (κ1) is 18.5. The molecular weight excluding hydrogens is 392 g/mol. The molecule has 0 spiro atoms. The van der Waals surface area contributed by atoms with Crippen LogP contribution in [-0.2, 0) is 11.2 Å². The Labute approximate surface area is 153 Å². The number of anilines is 1. The molecule has 0 aliphatic rings. The maximum atomic E-state index is 12.5. The molecule has 0 fully saturated rings. The monoisotopic (exact) mass is 410 g/mol. The Morgan fingerprint density at radius 3 is 2.54 bits per heavy atom. The van der Waals surface area contributed by atoms with Crippen LogP contribution in [-0.4, -0.2) is 28.1 Å². The van der Waals surface area contributed by atoms with E-state index >= 15 is 0 Å². The highest BCUT2D eigenvalue weighted by Gasteiger charge is 2.26. The summed E-state index contributed by atoms with van der Waals surface area (Å²) in [4.78, 5) is 24.9. The number of aryl methyl sites for hydroxylation is 1. The third-order valence-corrected chi connectivity index (χ3v) is 5.03. The highest BCUT2D eigenvalue weighted by atomic mass is 79.9. The van der Waals surface area contributed by atoms with E-state index in [0.29, 0.717) is 15.2 Å². The maximum Gasteiger partial charge on any atom is 0.253 e. The Kier molecular flexibility index (Phi) is 6.44. The van der Waals surface area contributed by atoms with Crippen molar-refractivity contribution in [2.75, 3.05) is 5.32 Å². The second-order valence-corrected chi connectivity index (χ2v) is 7.44. The van der Waals surface area contributed by atoms with Crippen LogP contribution in [0.25, 0.3) is 0 Å². The standard InChI is InChI=1S/C16H19BrN4O2S/c1-4-12-20-21-16(24-12)19-15(23)13(9(2)3)18-14(22)10-7-5-6-8-11(10)17/h5-9,13H,4H2,1-3H3,(H,18,22)(H,19,21,23)/t13-/m0/s1. The van der Waals surface area contributed by atoms with E-state index in [1.54, 1.807) is 18.2 Å². The van der Waals surface area contributed by atoms with E-state index < -0.39 is 6.04 Å². The zero-order chi connectivity index (χ0) is 17.7. The minimum atomic E-state index is -0.668. The molecule has 1 heterocycles. The normalized spacial score (nSPS) is 12.0. The number of nitrogens with one attached hydrogen (secondary N) is 2. The molecule has 1 atom stereocenters. The molecule has 1 aromatic carbocycles. The van der Waals surface area contributed by atoms with E-state index in [0.717, 1.165) is 11.4 Å². The summed E-state index contributed by atoms with van der Waals surface area (Å²) in [5.74, 6) is -0.679. The summed E-state index contributed by atoms with van der Waals surface area (Å²) in [6.07, 6.45) is 0.764. The fourth-order valence-corrected chi connectivity index (χ4v) is 3.18. The van der Waals surface area contributed by atoms with Gasteiger partial charge in [-0.15, -0.1) is 10.2 Å². The van der Waals surface area contributed by atoms with Crippen molar-refractivity contribution in [3.8, 4) is 0 Å². The lowest BCUT2D eigenvalue weighted by Crippen LogP contribution is -2.47. The van der Waals surface area contributed by atoms with Crippen molar-refractivity contribution in [1.82, 2.24) is 15.5 Å². The van der Waals surface area contributed by atoms with Gasteiger partial charge in [-0.05, 0) is 40.4 Å². The van der Waals surface area contributed by atoms with Gasteiger partial charge < -0.3 is 5.32 Å². The number of aromatic nitrogens is 2. The second-order valence-electron chi connectivity index (χ2n) is 5.52. The number of rotatable bonds is 6. The summed E-state index contributed by atoms with van der Waals surface area (Å²) < 4.78 is 0.683. The van der Waals surface area contributed by atoms with Crippen molar-refractivity contribution >= 4 is 44.2 Å². The van der Waals surface area contributed by atoms with E-state index in [1.165, 1.54) is 11.3 Å². The molecule has 0 saturated carbocycles. The lowest BCUT2D eigenvalue weighted by atomic mass is 10.0. The van der Waals surface area contributed by atoms with Gasteiger partial charge in [-0.25, -0.2) is 0 Å². The molecule has 0 aliphatic heterocycles. The molecule has 0 saturated heterocycles. The predicted octanol–water partition coefficient (Wildman–Crippen LogP) is 3.26. The summed E-state index contributed by atoms with van der Waals surface area (Å²) in [5, 5.41) is 14.7. The highest BCUT2D eigenvalue weighted by molar-refractivity contribution is 9.10. The molecule has 0 unspecified atom stereocenters. The summed E-state index contributed by atoms with van der Waals surface area (Å²) in [6, 6.07) is 6.42.